The van der Waals surface area contributed by atoms with Crippen molar-refractivity contribution in [2.24, 2.45) is 16.5 Å². The van der Waals surface area contributed by atoms with E-state index in [0.717, 1.165) is 35.9 Å². The van der Waals surface area contributed by atoms with Gasteiger partial charge in [-0.1, -0.05) is 23.5 Å². The zero-order valence-electron chi connectivity index (χ0n) is 16.2. The fraction of sp³-hybridized carbons (Fsp3) is 0.368. The molecule has 2 amide bonds. The monoisotopic (exact) mass is 432 g/mol. The lowest BCUT2D eigenvalue weighted by molar-refractivity contribution is -0.114. The first-order valence-corrected chi connectivity index (χ1v) is 11.2. The number of nitrogens with zero attached hydrogens (tertiary/aromatic N) is 3. The number of amides is 2. The number of hydrogen-bond donors (Lipinski definition) is 3. The van der Waals surface area contributed by atoms with Crippen molar-refractivity contribution in [2.45, 2.75) is 19.8 Å². The molecule has 0 bridgehead atoms. The van der Waals surface area contributed by atoms with Gasteiger partial charge in [-0.05, 0) is 30.5 Å². The Morgan fingerprint density at radius 3 is 2.48 bits per heavy atom. The molecule has 29 heavy (non-hydrogen) atoms. The molecule has 2 heterocycles. The fourth-order valence-electron chi connectivity index (χ4n) is 2.95. The number of rotatable bonds is 6. The molecule has 1 saturated heterocycles. The second-order valence-corrected chi connectivity index (χ2v) is 8.81. The smallest absolute Gasteiger partial charge is 0.265 e. The number of nitrogens with two attached hydrogens (primary N) is 2. The first-order valence-electron chi connectivity index (χ1n) is 9.25. The Kier molecular flexibility index (Phi) is 7.10. The van der Waals surface area contributed by atoms with Crippen molar-refractivity contribution in [3.8, 4) is 0 Å². The Hall–Kier alpha value is -2.59. The minimum atomic E-state index is -0.200. The summed E-state index contributed by atoms with van der Waals surface area (Å²) in [6.07, 6.45) is 1.31. The van der Waals surface area contributed by atoms with Crippen LogP contribution in [0.25, 0.3) is 0 Å². The van der Waals surface area contributed by atoms with Crippen molar-refractivity contribution in [3.05, 3.63) is 40.4 Å². The summed E-state index contributed by atoms with van der Waals surface area (Å²) < 4.78 is 0. The van der Waals surface area contributed by atoms with E-state index in [-0.39, 0.29) is 17.8 Å². The predicted octanol–water partition coefficient (Wildman–Crippen LogP) is 1.98. The summed E-state index contributed by atoms with van der Waals surface area (Å²) in [6, 6.07) is 7.59. The highest BCUT2D eigenvalue weighted by Crippen LogP contribution is 2.27. The number of aliphatic imine (C=N–C) groups is 1. The van der Waals surface area contributed by atoms with Gasteiger partial charge in [-0.3, -0.25) is 9.59 Å². The maximum Gasteiger partial charge on any atom is 0.265 e. The average Bonchev–Trinajstić information content (AvgIpc) is 3.09. The maximum absolute atomic E-state index is 13.0. The lowest BCUT2D eigenvalue weighted by Gasteiger charge is -2.26. The number of aromatic nitrogens is 1. The van der Waals surface area contributed by atoms with Gasteiger partial charge in [0.15, 0.2) is 11.1 Å². The summed E-state index contributed by atoms with van der Waals surface area (Å²) in [5.74, 6) is 1.71. The van der Waals surface area contributed by atoms with E-state index in [4.69, 9.17) is 11.5 Å². The molecule has 1 aliphatic heterocycles. The van der Waals surface area contributed by atoms with Crippen LogP contribution in [0, 0.1) is 0 Å². The fourth-order valence-corrected chi connectivity index (χ4v) is 4.88. The van der Waals surface area contributed by atoms with Crippen LogP contribution in [0.2, 0.25) is 0 Å². The van der Waals surface area contributed by atoms with E-state index in [1.54, 1.807) is 0 Å². The van der Waals surface area contributed by atoms with E-state index in [2.05, 4.69) is 15.3 Å². The van der Waals surface area contributed by atoms with Crippen molar-refractivity contribution in [3.63, 3.8) is 0 Å². The molecule has 1 aromatic carbocycles. The Bertz CT molecular complexity index is 900. The van der Waals surface area contributed by atoms with Crippen LogP contribution in [-0.4, -0.2) is 52.3 Å². The zero-order valence-corrected chi connectivity index (χ0v) is 17.8. The molecule has 10 heteroatoms. The van der Waals surface area contributed by atoms with Crippen molar-refractivity contribution >= 4 is 51.7 Å². The van der Waals surface area contributed by atoms with E-state index in [9.17, 15) is 9.59 Å². The van der Waals surface area contributed by atoms with Crippen LogP contribution in [0.1, 0.15) is 27.9 Å². The normalized spacial score (nSPS) is 13.8. The van der Waals surface area contributed by atoms with Gasteiger partial charge in [-0.15, -0.1) is 0 Å². The molecule has 1 fully saturated rings. The highest BCUT2D eigenvalue weighted by molar-refractivity contribution is 7.99. The van der Waals surface area contributed by atoms with Gasteiger partial charge in [0, 0.05) is 31.5 Å². The van der Waals surface area contributed by atoms with Crippen molar-refractivity contribution in [2.75, 3.05) is 29.9 Å². The van der Waals surface area contributed by atoms with Crippen molar-refractivity contribution in [1.82, 2.24) is 9.88 Å². The number of anilines is 1. The summed E-state index contributed by atoms with van der Waals surface area (Å²) in [4.78, 5) is 35.4. The molecule has 0 aliphatic carbocycles. The van der Waals surface area contributed by atoms with Gasteiger partial charge in [0.1, 0.15) is 4.88 Å². The lowest BCUT2D eigenvalue weighted by atomic mass is 10.1. The third-order valence-corrected chi connectivity index (χ3v) is 6.26. The van der Waals surface area contributed by atoms with Crippen molar-refractivity contribution in [1.29, 1.82) is 0 Å². The maximum atomic E-state index is 13.0. The molecule has 8 nitrogen and oxygen atoms in total. The first kappa shape index (κ1) is 21.1. The lowest BCUT2D eigenvalue weighted by Crippen LogP contribution is -2.37. The molecule has 1 aromatic heterocycles. The minimum absolute atomic E-state index is 0.00231. The summed E-state index contributed by atoms with van der Waals surface area (Å²) >= 11 is 3.10. The Labute approximate surface area is 177 Å². The quantitative estimate of drug-likeness (QED) is 0.473. The van der Waals surface area contributed by atoms with E-state index >= 15 is 0 Å². The van der Waals surface area contributed by atoms with Gasteiger partial charge in [-0.2, -0.15) is 11.8 Å². The van der Waals surface area contributed by atoms with Crippen LogP contribution in [0.5, 0.6) is 0 Å². The number of carbonyl (C=O) groups excluding carboxylic acids is 2. The number of nitrogens with one attached hydrogen (secondary N) is 1. The van der Waals surface area contributed by atoms with Crippen LogP contribution in [0.4, 0.5) is 10.8 Å². The van der Waals surface area contributed by atoms with Crippen LogP contribution in [-0.2, 0) is 17.6 Å². The highest BCUT2D eigenvalue weighted by Gasteiger charge is 2.24. The molecule has 0 atom stereocenters. The average molecular weight is 433 g/mol. The van der Waals surface area contributed by atoms with Crippen molar-refractivity contribution < 1.29 is 9.59 Å². The number of benzene rings is 1. The molecule has 0 unspecified atom stereocenters. The molecule has 0 saturated carbocycles. The molecule has 1 aliphatic rings. The minimum Gasteiger partial charge on any atom is -0.370 e. The van der Waals surface area contributed by atoms with E-state index < -0.39 is 0 Å². The summed E-state index contributed by atoms with van der Waals surface area (Å²) in [6.45, 7) is 2.91. The topological polar surface area (TPSA) is 127 Å². The summed E-state index contributed by atoms with van der Waals surface area (Å²) in [5.41, 5.74) is 13.3. The first-order chi connectivity index (χ1) is 13.9. The van der Waals surface area contributed by atoms with Gasteiger partial charge in [0.25, 0.3) is 5.91 Å². The predicted molar refractivity (Wildman–Crippen MR) is 119 cm³/mol. The van der Waals surface area contributed by atoms with Crippen LogP contribution in [0.15, 0.2) is 29.3 Å². The Balaban J connectivity index is 1.75. The standard InChI is InChI=1S/C19H24N6O2S2/c1-12(26)22-19-24-15(16(29-19)17(27)25-8-10-28-11-9-25)7-4-13-2-5-14(6-3-13)23-18(20)21/h2-3,5-6H,4,7-11H2,1H3,(H4,20,21,23)(H,22,24,26). The number of hydrogen-bond acceptors (Lipinski definition) is 6. The molecule has 2 aromatic rings. The molecule has 3 rings (SSSR count). The van der Waals surface area contributed by atoms with Gasteiger partial charge in [0.2, 0.25) is 5.91 Å². The number of thiazole rings is 1. The van der Waals surface area contributed by atoms with Gasteiger partial charge >= 0.3 is 0 Å². The summed E-state index contributed by atoms with van der Waals surface area (Å²) in [7, 11) is 0. The SMILES string of the molecule is CC(=O)Nc1nc(CCc2ccc(N=C(N)N)cc2)c(C(=O)N2CCSCC2)s1. The number of aryl methyl sites for hydroxylation is 2. The van der Waals surface area contributed by atoms with E-state index in [1.807, 2.05) is 40.9 Å². The molecular weight excluding hydrogens is 408 g/mol. The molecule has 154 valence electrons. The number of thioether (sulfide) groups is 1. The van der Waals surface area contributed by atoms with Gasteiger partial charge in [0.05, 0.1) is 11.4 Å². The van der Waals surface area contributed by atoms with E-state index in [0.29, 0.717) is 28.5 Å². The summed E-state index contributed by atoms with van der Waals surface area (Å²) in [5, 5.41) is 3.17. The molecule has 0 spiro atoms. The molecule has 0 radical (unpaired) electrons. The largest absolute Gasteiger partial charge is 0.370 e. The van der Waals surface area contributed by atoms with Gasteiger partial charge < -0.3 is 21.7 Å². The Morgan fingerprint density at radius 2 is 1.86 bits per heavy atom. The van der Waals surface area contributed by atoms with E-state index in [1.165, 1.54) is 18.3 Å². The molecule has 5 N–H and O–H groups in total. The zero-order chi connectivity index (χ0) is 20.8. The second kappa shape index (κ2) is 9.75. The highest BCUT2D eigenvalue weighted by atomic mass is 32.2. The third-order valence-electron chi connectivity index (χ3n) is 4.32. The number of guanidine groups is 1. The van der Waals surface area contributed by atoms with Crippen LogP contribution >= 0.6 is 23.1 Å². The third kappa shape index (κ3) is 5.94. The van der Waals surface area contributed by atoms with Crippen LogP contribution in [0.3, 0.4) is 0 Å². The molecular formula is C19H24N6O2S2. The Morgan fingerprint density at radius 1 is 1.17 bits per heavy atom. The van der Waals surface area contributed by atoms with Crippen LogP contribution < -0.4 is 16.8 Å². The number of carbonyl (C=O) groups is 2. The van der Waals surface area contributed by atoms with Gasteiger partial charge in [-0.25, -0.2) is 9.98 Å². The second-order valence-electron chi connectivity index (χ2n) is 6.58.